The van der Waals surface area contributed by atoms with Crippen molar-refractivity contribution in [2.45, 2.75) is 38.8 Å². The summed E-state index contributed by atoms with van der Waals surface area (Å²) in [7, 11) is 0. The number of aromatic nitrogens is 3. The van der Waals surface area contributed by atoms with E-state index in [2.05, 4.69) is 15.4 Å². The molecule has 2 fully saturated rings. The first-order valence-electron chi connectivity index (χ1n) is 9.82. The lowest BCUT2D eigenvalue weighted by Crippen LogP contribution is -2.53. The van der Waals surface area contributed by atoms with Gasteiger partial charge >= 0.3 is 6.03 Å². The van der Waals surface area contributed by atoms with Crippen molar-refractivity contribution in [2.75, 3.05) is 38.1 Å². The van der Waals surface area contributed by atoms with E-state index < -0.39 is 0 Å². The number of ether oxygens (including phenoxy) is 1. The smallest absolute Gasteiger partial charge is 0.322 e. The van der Waals surface area contributed by atoms with Gasteiger partial charge in [0.25, 0.3) is 5.91 Å². The number of nitrogens with one attached hydrogen (secondary N) is 1. The fourth-order valence-corrected chi connectivity index (χ4v) is 3.69. The molecule has 3 amide bonds. The minimum atomic E-state index is -0.301. The number of urea groups is 1. The van der Waals surface area contributed by atoms with E-state index in [-0.39, 0.29) is 24.1 Å². The molecule has 0 bridgehead atoms. The van der Waals surface area contributed by atoms with Crippen molar-refractivity contribution in [1.29, 1.82) is 0 Å². The number of carbonyl (C=O) groups is 2. The Labute approximate surface area is 163 Å². The normalized spacial score (nSPS) is 20.2. The minimum absolute atomic E-state index is 0.0503. The molecule has 4 heterocycles. The molecule has 2 aliphatic rings. The molecule has 1 N–H and O–H groups in total. The number of rotatable bonds is 3. The molecule has 2 aliphatic heterocycles. The maximum Gasteiger partial charge on any atom is 0.322 e. The number of fused-ring (bicyclic) bond motifs is 1. The summed E-state index contributed by atoms with van der Waals surface area (Å²) in [6, 6.07) is 1.92. The standard InChI is InChI=1S/C19H26N6O3/c1-13(2)25-17-14(11-21-25)10-15(12-20-17)22-19(27)24-7-5-23(6-8-24)18(26)16-4-3-9-28-16/h10-13,16H,3-9H2,1-2H3,(H,22,27). The fourth-order valence-electron chi connectivity index (χ4n) is 3.69. The van der Waals surface area contributed by atoms with Crippen molar-refractivity contribution < 1.29 is 14.3 Å². The highest BCUT2D eigenvalue weighted by Gasteiger charge is 2.31. The van der Waals surface area contributed by atoms with Crippen molar-refractivity contribution in [2.24, 2.45) is 0 Å². The molecule has 4 rings (SSSR count). The van der Waals surface area contributed by atoms with E-state index in [1.54, 1.807) is 22.2 Å². The Kier molecular flexibility index (Phi) is 5.17. The molecule has 9 heteroatoms. The van der Waals surface area contributed by atoms with Crippen LogP contribution in [0, 0.1) is 0 Å². The highest BCUT2D eigenvalue weighted by Crippen LogP contribution is 2.20. The van der Waals surface area contributed by atoms with Crippen LogP contribution in [0.15, 0.2) is 18.5 Å². The van der Waals surface area contributed by atoms with E-state index in [0.29, 0.717) is 38.5 Å². The van der Waals surface area contributed by atoms with Crippen molar-refractivity contribution in [1.82, 2.24) is 24.6 Å². The van der Waals surface area contributed by atoms with Gasteiger partial charge in [0, 0.05) is 44.2 Å². The Balaban J connectivity index is 1.34. The number of nitrogens with zero attached hydrogens (tertiary/aromatic N) is 5. The van der Waals surface area contributed by atoms with Crippen molar-refractivity contribution >= 4 is 28.7 Å². The van der Waals surface area contributed by atoms with Gasteiger partial charge in [0.1, 0.15) is 6.10 Å². The zero-order valence-electron chi connectivity index (χ0n) is 16.3. The predicted octanol–water partition coefficient (Wildman–Crippen LogP) is 1.87. The van der Waals surface area contributed by atoms with Crippen LogP contribution in [0.25, 0.3) is 11.0 Å². The lowest BCUT2D eigenvalue weighted by Gasteiger charge is -2.35. The van der Waals surface area contributed by atoms with Gasteiger partial charge in [0.15, 0.2) is 5.65 Å². The topological polar surface area (TPSA) is 92.6 Å². The molecule has 2 aromatic heterocycles. The highest BCUT2D eigenvalue weighted by molar-refractivity contribution is 5.91. The number of carbonyl (C=O) groups excluding carboxylic acids is 2. The van der Waals surface area contributed by atoms with Gasteiger partial charge in [-0.15, -0.1) is 0 Å². The first-order chi connectivity index (χ1) is 13.5. The second-order valence-corrected chi connectivity index (χ2v) is 7.56. The highest BCUT2D eigenvalue weighted by atomic mass is 16.5. The third kappa shape index (κ3) is 3.66. The summed E-state index contributed by atoms with van der Waals surface area (Å²) in [5, 5.41) is 8.13. The number of hydrogen-bond donors (Lipinski definition) is 1. The lowest BCUT2D eigenvalue weighted by molar-refractivity contribution is -0.142. The quantitative estimate of drug-likeness (QED) is 0.869. The number of piperazine rings is 1. The van der Waals surface area contributed by atoms with Gasteiger partial charge in [-0.2, -0.15) is 5.10 Å². The van der Waals surface area contributed by atoms with Crippen LogP contribution in [-0.4, -0.2) is 75.4 Å². The van der Waals surface area contributed by atoms with E-state index in [1.807, 2.05) is 24.6 Å². The number of amides is 3. The summed E-state index contributed by atoms with van der Waals surface area (Å²) in [4.78, 5) is 33.0. The first-order valence-corrected chi connectivity index (χ1v) is 9.82. The van der Waals surface area contributed by atoms with Gasteiger partial charge in [0.2, 0.25) is 0 Å². The maximum absolute atomic E-state index is 12.6. The monoisotopic (exact) mass is 386 g/mol. The van der Waals surface area contributed by atoms with Gasteiger partial charge in [-0.3, -0.25) is 4.79 Å². The molecule has 0 aromatic carbocycles. The number of anilines is 1. The van der Waals surface area contributed by atoms with Gasteiger partial charge in [-0.25, -0.2) is 14.5 Å². The van der Waals surface area contributed by atoms with Crippen molar-refractivity contribution in [3.63, 3.8) is 0 Å². The number of hydrogen-bond acceptors (Lipinski definition) is 5. The maximum atomic E-state index is 12.6. The zero-order valence-corrected chi connectivity index (χ0v) is 16.3. The average Bonchev–Trinajstić information content (AvgIpc) is 3.37. The second-order valence-electron chi connectivity index (χ2n) is 7.56. The Bertz CT molecular complexity index is 866. The Morgan fingerprint density at radius 1 is 1.18 bits per heavy atom. The SMILES string of the molecule is CC(C)n1ncc2cc(NC(=O)N3CCN(C(=O)C4CCCO4)CC3)cnc21. The first kappa shape index (κ1) is 18.7. The van der Waals surface area contributed by atoms with Crippen LogP contribution in [0.2, 0.25) is 0 Å². The molecule has 9 nitrogen and oxygen atoms in total. The second kappa shape index (κ2) is 7.75. The molecular weight excluding hydrogens is 360 g/mol. The van der Waals surface area contributed by atoms with E-state index in [9.17, 15) is 9.59 Å². The third-order valence-electron chi connectivity index (χ3n) is 5.26. The Hall–Kier alpha value is -2.68. The summed E-state index contributed by atoms with van der Waals surface area (Å²) >= 11 is 0. The number of pyridine rings is 1. The lowest BCUT2D eigenvalue weighted by atomic mass is 10.2. The van der Waals surface area contributed by atoms with Crippen LogP contribution < -0.4 is 5.32 Å². The van der Waals surface area contributed by atoms with Gasteiger partial charge in [0.05, 0.1) is 18.1 Å². The van der Waals surface area contributed by atoms with Gasteiger partial charge < -0.3 is 19.9 Å². The van der Waals surface area contributed by atoms with E-state index >= 15 is 0 Å². The van der Waals surface area contributed by atoms with Gasteiger partial charge in [-0.1, -0.05) is 0 Å². The van der Waals surface area contributed by atoms with Crippen molar-refractivity contribution in [3.8, 4) is 0 Å². The molecule has 28 heavy (non-hydrogen) atoms. The fraction of sp³-hybridized carbons (Fsp3) is 0.579. The summed E-state index contributed by atoms with van der Waals surface area (Å²) in [6.45, 7) is 6.83. The summed E-state index contributed by atoms with van der Waals surface area (Å²) in [6.07, 6.45) is 4.84. The van der Waals surface area contributed by atoms with E-state index in [1.165, 1.54) is 0 Å². The average molecular weight is 386 g/mol. The third-order valence-corrected chi connectivity index (χ3v) is 5.26. The Morgan fingerprint density at radius 3 is 2.61 bits per heavy atom. The summed E-state index contributed by atoms with van der Waals surface area (Å²) in [5.74, 6) is 0.0503. The van der Waals surface area contributed by atoms with Crippen LogP contribution in [0.5, 0.6) is 0 Å². The molecule has 0 aliphatic carbocycles. The van der Waals surface area contributed by atoms with E-state index in [4.69, 9.17) is 4.74 Å². The molecule has 0 spiro atoms. The summed E-state index contributed by atoms with van der Waals surface area (Å²) in [5.41, 5.74) is 1.44. The Morgan fingerprint density at radius 2 is 1.93 bits per heavy atom. The van der Waals surface area contributed by atoms with Crippen LogP contribution in [-0.2, 0) is 9.53 Å². The zero-order chi connectivity index (χ0) is 19.7. The molecule has 1 unspecified atom stereocenters. The van der Waals surface area contributed by atoms with E-state index in [0.717, 1.165) is 23.9 Å². The van der Waals surface area contributed by atoms with Crippen molar-refractivity contribution in [3.05, 3.63) is 18.5 Å². The minimum Gasteiger partial charge on any atom is -0.368 e. The molecular formula is C19H26N6O3. The molecule has 2 aromatic rings. The molecule has 0 radical (unpaired) electrons. The van der Waals surface area contributed by atoms with Crippen LogP contribution in [0.4, 0.5) is 10.5 Å². The largest absolute Gasteiger partial charge is 0.368 e. The molecule has 0 saturated carbocycles. The van der Waals surface area contributed by atoms with Crippen LogP contribution in [0.3, 0.4) is 0 Å². The van der Waals surface area contributed by atoms with Crippen LogP contribution >= 0.6 is 0 Å². The van der Waals surface area contributed by atoms with Gasteiger partial charge in [-0.05, 0) is 32.8 Å². The predicted molar refractivity (Wildman–Crippen MR) is 104 cm³/mol. The molecule has 1 atom stereocenters. The molecule has 150 valence electrons. The van der Waals surface area contributed by atoms with Crippen LogP contribution in [0.1, 0.15) is 32.7 Å². The molecule has 2 saturated heterocycles. The summed E-state index contributed by atoms with van der Waals surface area (Å²) < 4.78 is 7.33.